The molecule has 1 aromatic carbocycles. The third-order valence-corrected chi connectivity index (χ3v) is 3.62. The minimum atomic E-state index is -0.364. The number of amides is 1. The summed E-state index contributed by atoms with van der Waals surface area (Å²) in [6.07, 6.45) is 0.828. The summed E-state index contributed by atoms with van der Waals surface area (Å²) in [7, 11) is 0. The number of primary amides is 1. The summed E-state index contributed by atoms with van der Waals surface area (Å²) in [6.45, 7) is 0.739. The highest BCUT2D eigenvalue weighted by Crippen LogP contribution is 2.29. The molecule has 80 valence electrons. The third kappa shape index (κ3) is 2.21. The predicted octanol–water partition coefficient (Wildman–Crippen LogP) is 1.70. The molecule has 1 amide bonds. The molecule has 1 heterocycles. The van der Waals surface area contributed by atoms with Crippen molar-refractivity contribution in [3.63, 3.8) is 0 Å². The van der Waals surface area contributed by atoms with Gasteiger partial charge in [-0.3, -0.25) is 4.79 Å². The Kier molecular flexibility index (Phi) is 3.07. The van der Waals surface area contributed by atoms with E-state index in [0.29, 0.717) is 11.5 Å². The summed E-state index contributed by atoms with van der Waals surface area (Å²) in [5, 5.41) is 0.110. The highest BCUT2D eigenvalue weighted by Gasteiger charge is 2.30. The van der Waals surface area contributed by atoms with Gasteiger partial charge in [-0.2, -0.15) is 0 Å². The fourth-order valence-electron chi connectivity index (χ4n) is 1.68. The maximum Gasteiger partial charge on any atom is 0.248 e. The number of nitrogens with two attached hydrogens (primary N) is 1. The number of halogens is 1. The number of ether oxygens (including phenoxy) is 1. The van der Waals surface area contributed by atoms with Crippen LogP contribution in [0.3, 0.4) is 0 Å². The number of benzene rings is 1. The largest absolute Gasteiger partial charge is 0.366 e. The van der Waals surface area contributed by atoms with Crippen LogP contribution in [0.25, 0.3) is 0 Å². The third-order valence-electron chi connectivity index (χ3n) is 2.61. The molecule has 1 aliphatic heterocycles. The van der Waals surface area contributed by atoms with Gasteiger partial charge in [0.05, 0.1) is 6.61 Å². The Labute approximate surface area is 96.7 Å². The molecule has 0 aliphatic carbocycles. The number of hydrogen-bond acceptors (Lipinski definition) is 2. The Hall–Kier alpha value is -0.870. The number of carbonyl (C=O) groups is 1. The van der Waals surface area contributed by atoms with Crippen LogP contribution in [0.4, 0.5) is 0 Å². The normalized spacial score (nSPS) is 24.6. The monoisotopic (exact) mass is 269 g/mol. The maximum atomic E-state index is 11.2. The lowest BCUT2D eigenvalue weighted by Crippen LogP contribution is -2.36. The average Bonchev–Trinajstić information content (AvgIpc) is 2.24. The van der Waals surface area contributed by atoms with Gasteiger partial charge in [0, 0.05) is 11.5 Å². The van der Waals surface area contributed by atoms with Crippen molar-refractivity contribution < 1.29 is 9.53 Å². The molecule has 1 fully saturated rings. The number of carbonyl (C=O) groups excluding carboxylic acids is 1. The first kappa shape index (κ1) is 10.6. The first-order valence-corrected chi connectivity index (χ1v) is 5.73. The molecular formula is C11H12BrNO2. The van der Waals surface area contributed by atoms with Gasteiger partial charge < -0.3 is 10.5 Å². The van der Waals surface area contributed by atoms with Crippen molar-refractivity contribution in [1.82, 2.24) is 0 Å². The first-order valence-electron chi connectivity index (χ1n) is 4.82. The smallest absolute Gasteiger partial charge is 0.248 e. The second kappa shape index (κ2) is 4.33. The summed E-state index contributed by atoms with van der Waals surface area (Å²) in [5.74, 6) is 0.0717. The van der Waals surface area contributed by atoms with Crippen LogP contribution in [0.2, 0.25) is 0 Å². The van der Waals surface area contributed by atoms with Crippen LogP contribution in [0, 0.1) is 5.92 Å². The van der Waals surface area contributed by atoms with Gasteiger partial charge in [-0.25, -0.2) is 0 Å². The molecule has 2 atom stereocenters. The van der Waals surface area contributed by atoms with Gasteiger partial charge in [-0.1, -0.05) is 34.1 Å². The lowest BCUT2D eigenvalue weighted by Gasteiger charge is -2.32. The lowest BCUT2D eigenvalue weighted by molar-refractivity contribution is -0.0527. The molecule has 1 saturated heterocycles. The van der Waals surface area contributed by atoms with Crippen LogP contribution >= 0.6 is 15.9 Å². The van der Waals surface area contributed by atoms with E-state index in [1.54, 1.807) is 6.07 Å². The zero-order valence-corrected chi connectivity index (χ0v) is 9.74. The minimum Gasteiger partial charge on any atom is -0.366 e. The molecule has 0 bridgehead atoms. The molecule has 1 aliphatic rings. The van der Waals surface area contributed by atoms with E-state index < -0.39 is 0 Å². The van der Waals surface area contributed by atoms with E-state index >= 15 is 0 Å². The SMILES string of the molecule is NC(=O)c1ccccc1CC1COC1Br. The maximum absolute atomic E-state index is 11.2. The molecule has 15 heavy (non-hydrogen) atoms. The van der Waals surface area contributed by atoms with Gasteiger partial charge >= 0.3 is 0 Å². The van der Waals surface area contributed by atoms with E-state index in [-0.39, 0.29) is 10.9 Å². The number of rotatable bonds is 3. The predicted molar refractivity (Wildman–Crippen MR) is 60.8 cm³/mol. The van der Waals surface area contributed by atoms with Crippen LogP contribution < -0.4 is 5.73 Å². The fourth-order valence-corrected chi connectivity index (χ4v) is 2.17. The Bertz CT molecular complexity index is 381. The van der Waals surface area contributed by atoms with Crippen molar-refractivity contribution in [2.75, 3.05) is 6.61 Å². The molecule has 2 N–H and O–H groups in total. The Balaban J connectivity index is 2.16. The fraction of sp³-hybridized carbons (Fsp3) is 0.364. The van der Waals surface area contributed by atoms with Gasteiger partial charge in [0.1, 0.15) is 5.01 Å². The first-order chi connectivity index (χ1) is 7.18. The summed E-state index contributed by atoms with van der Waals surface area (Å²) >= 11 is 3.41. The molecule has 4 heteroatoms. The number of alkyl halides is 1. The summed E-state index contributed by atoms with van der Waals surface area (Å²) < 4.78 is 5.22. The minimum absolute atomic E-state index is 0.110. The molecular weight excluding hydrogens is 258 g/mol. The van der Waals surface area contributed by atoms with Crippen molar-refractivity contribution >= 4 is 21.8 Å². The van der Waals surface area contributed by atoms with Crippen LogP contribution in [0.1, 0.15) is 15.9 Å². The van der Waals surface area contributed by atoms with Gasteiger partial charge in [-0.05, 0) is 18.1 Å². The molecule has 0 radical (unpaired) electrons. The molecule has 2 unspecified atom stereocenters. The summed E-state index contributed by atoms with van der Waals surface area (Å²) in [4.78, 5) is 11.2. The van der Waals surface area contributed by atoms with Gasteiger partial charge in [0.2, 0.25) is 5.91 Å². The second-order valence-corrected chi connectivity index (χ2v) is 4.57. The van der Waals surface area contributed by atoms with Gasteiger partial charge in [0.15, 0.2) is 0 Å². The zero-order chi connectivity index (χ0) is 10.8. The molecule has 2 rings (SSSR count). The van der Waals surface area contributed by atoms with Crippen molar-refractivity contribution in [1.29, 1.82) is 0 Å². The van der Waals surface area contributed by atoms with Crippen molar-refractivity contribution in [2.45, 2.75) is 11.4 Å². The van der Waals surface area contributed by atoms with Crippen LogP contribution in [0.15, 0.2) is 24.3 Å². The second-order valence-electron chi connectivity index (χ2n) is 3.67. The Morgan fingerprint density at radius 1 is 1.53 bits per heavy atom. The lowest BCUT2D eigenvalue weighted by atomic mass is 9.94. The van der Waals surface area contributed by atoms with Crippen LogP contribution in [0.5, 0.6) is 0 Å². The zero-order valence-electron chi connectivity index (χ0n) is 8.15. The highest BCUT2D eigenvalue weighted by atomic mass is 79.9. The number of hydrogen-bond donors (Lipinski definition) is 1. The van der Waals surface area contributed by atoms with E-state index in [1.165, 1.54) is 0 Å². The van der Waals surface area contributed by atoms with Crippen molar-refractivity contribution in [2.24, 2.45) is 11.7 Å². The molecule has 0 spiro atoms. The van der Waals surface area contributed by atoms with Gasteiger partial charge in [0.25, 0.3) is 0 Å². The molecule has 0 saturated carbocycles. The van der Waals surface area contributed by atoms with E-state index in [9.17, 15) is 4.79 Å². The Morgan fingerprint density at radius 3 is 2.80 bits per heavy atom. The van der Waals surface area contributed by atoms with Crippen LogP contribution in [-0.4, -0.2) is 17.5 Å². The van der Waals surface area contributed by atoms with E-state index in [4.69, 9.17) is 10.5 Å². The van der Waals surface area contributed by atoms with Gasteiger partial charge in [-0.15, -0.1) is 0 Å². The van der Waals surface area contributed by atoms with E-state index in [2.05, 4.69) is 15.9 Å². The van der Waals surface area contributed by atoms with Crippen molar-refractivity contribution in [3.05, 3.63) is 35.4 Å². The quantitative estimate of drug-likeness (QED) is 0.850. The average molecular weight is 270 g/mol. The Morgan fingerprint density at radius 2 is 2.27 bits per heavy atom. The summed E-state index contributed by atoms with van der Waals surface area (Å²) in [6, 6.07) is 7.45. The summed E-state index contributed by atoms with van der Waals surface area (Å²) in [5.41, 5.74) is 6.92. The van der Waals surface area contributed by atoms with Crippen molar-refractivity contribution in [3.8, 4) is 0 Å². The van der Waals surface area contributed by atoms with E-state index in [1.807, 2.05) is 18.2 Å². The molecule has 3 nitrogen and oxygen atoms in total. The molecule has 1 aromatic rings. The standard InChI is InChI=1S/C11H12BrNO2/c12-10-8(6-15-10)5-7-3-1-2-4-9(7)11(13)14/h1-4,8,10H,5-6H2,(H2,13,14). The highest BCUT2D eigenvalue weighted by molar-refractivity contribution is 9.09. The van der Waals surface area contributed by atoms with Crippen LogP contribution in [-0.2, 0) is 11.2 Å². The topological polar surface area (TPSA) is 52.3 Å². The van der Waals surface area contributed by atoms with E-state index in [0.717, 1.165) is 18.6 Å². The molecule has 0 aromatic heterocycles.